The molecular weight excluding hydrogens is 499 g/mol. The standard InChI is InChI=1S/C24H14F3N3O7/c25-24(26,27)14-4-3-5-16(12-14)28-20(17-6-1-2-7-18(17)30(36)37)19(22(32)23(28)33)21(31)13-8-10-15(11-9-13)29(34)35/h1-12,20,31H/t20-/m0/s1. The summed E-state index contributed by atoms with van der Waals surface area (Å²) in [4.78, 5) is 48.1. The first-order valence-electron chi connectivity index (χ1n) is 10.4. The first-order chi connectivity index (χ1) is 17.4. The van der Waals surface area contributed by atoms with E-state index in [0.717, 1.165) is 48.5 Å². The summed E-state index contributed by atoms with van der Waals surface area (Å²) in [5.74, 6) is -3.45. The Hall–Kier alpha value is -5.07. The fraction of sp³-hybridized carbons (Fsp3) is 0.0833. The van der Waals surface area contributed by atoms with Crippen molar-refractivity contribution in [1.82, 2.24) is 0 Å². The van der Waals surface area contributed by atoms with E-state index in [1.165, 1.54) is 18.2 Å². The SMILES string of the molecule is O=C1C(=O)N(c2cccc(C(F)(F)F)c2)[C@@H](c2ccccc2[N+](=O)[O-])C1=C(O)c1ccc([N+](=O)[O-])cc1. The molecule has 188 valence electrons. The van der Waals surface area contributed by atoms with Crippen molar-refractivity contribution in [3.63, 3.8) is 0 Å². The third-order valence-electron chi connectivity index (χ3n) is 5.68. The first kappa shape index (κ1) is 25.0. The van der Waals surface area contributed by atoms with Gasteiger partial charge in [0.05, 0.1) is 26.5 Å². The number of nitrogens with zero attached hydrogens (tertiary/aromatic N) is 3. The largest absolute Gasteiger partial charge is 0.507 e. The van der Waals surface area contributed by atoms with E-state index in [1.807, 2.05) is 0 Å². The van der Waals surface area contributed by atoms with Gasteiger partial charge >= 0.3 is 6.18 Å². The van der Waals surface area contributed by atoms with Crippen LogP contribution in [-0.4, -0.2) is 26.6 Å². The number of ketones is 1. The van der Waals surface area contributed by atoms with Gasteiger partial charge in [-0.2, -0.15) is 13.2 Å². The van der Waals surface area contributed by atoms with E-state index in [4.69, 9.17) is 0 Å². The normalized spacial score (nSPS) is 17.2. The number of Topliss-reactive ketones (excluding diaryl/α,β-unsaturated/α-hetero) is 1. The molecule has 0 spiro atoms. The molecule has 1 heterocycles. The summed E-state index contributed by atoms with van der Waals surface area (Å²) in [5, 5.41) is 33.7. The maximum absolute atomic E-state index is 13.4. The Bertz CT molecular complexity index is 1480. The number of hydrogen-bond acceptors (Lipinski definition) is 7. The molecule has 3 aromatic carbocycles. The zero-order valence-electron chi connectivity index (χ0n) is 18.4. The molecule has 37 heavy (non-hydrogen) atoms. The van der Waals surface area contributed by atoms with Crippen LogP contribution in [0.1, 0.15) is 22.7 Å². The second kappa shape index (κ2) is 9.18. The number of aliphatic hydroxyl groups excluding tert-OH is 1. The van der Waals surface area contributed by atoms with Gasteiger partial charge in [-0.3, -0.25) is 34.7 Å². The molecule has 0 aromatic heterocycles. The van der Waals surface area contributed by atoms with Crippen LogP contribution in [0, 0.1) is 20.2 Å². The summed E-state index contributed by atoms with van der Waals surface area (Å²) < 4.78 is 40.1. The minimum atomic E-state index is -4.80. The Morgan fingerprint density at radius 3 is 2.14 bits per heavy atom. The van der Waals surface area contributed by atoms with Gasteiger partial charge in [-0.25, -0.2) is 0 Å². The van der Waals surface area contributed by atoms with Crippen LogP contribution in [0.15, 0.2) is 78.4 Å². The van der Waals surface area contributed by atoms with Crippen LogP contribution < -0.4 is 4.90 Å². The van der Waals surface area contributed by atoms with Crippen molar-refractivity contribution in [2.45, 2.75) is 12.2 Å². The lowest BCUT2D eigenvalue weighted by molar-refractivity contribution is -0.385. The van der Waals surface area contributed by atoms with Crippen molar-refractivity contribution in [3.8, 4) is 0 Å². The predicted molar refractivity (Wildman–Crippen MR) is 122 cm³/mol. The second-order valence-corrected chi connectivity index (χ2v) is 7.84. The summed E-state index contributed by atoms with van der Waals surface area (Å²) in [6.07, 6.45) is -4.80. The zero-order valence-corrected chi connectivity index (χ0v) is 18.4. The summed E-state index contributed by atoms with van der Waals surface area (Å²) in [7, 11) is 0. The highest BCUT2D eigenvalue weighted by atomic mass is 19.4. The average molecular weight is 513 g/mol. The van der Waals surface area contributed by atoms with Gasteiger partial charge < -0.3 is 5.11 Å². The van der Waals surface area contributed by atoms with Gasteiger partial charge in [0.2, 0.25) is 0 Å². The molecule has 0 radical (unpaired) electrons. The lowest BCUT2D eigenvalue weighted by Gasteiger charge is -2.25. The molecule has 1 saturated heterocycles. The molecule has 0 bridgehead atoms. The van der Waals surface area contributed by atoms with Gasteiger partial charge in [-0.15, -0.1) is 0 Å². The number of amides is 1. The smallest absolute Gasteiger partial charge is 0.416 e. The third kappa shape index (κ3) is 4.49. The lowest BCUT2D eigenvalue weighted by Crippen LogP contribution is -2.30. The fourth-order valence-corrected chi connectivity index (χ4v) is 4.01. The summed E-state index contributed by atoms with van der Waals surface area (Å²) >= 11 is 0. The number of nitro groups is 2. The van der Waals surface area contributed by atoms with Crippen LogP contribution in [0.4, 0.5) is 30.2 Å². The Morgan fingerprint density at radius 1 is 0.892 bits per heavy atom. The summed E-state index contributed by atoms with van der Waals surface area (Å²) in [6.45, 7) is 0. The van der Waals surface area contributed by atoms with Gasteiger partial charge in [0.25, 0.3) is 23.1 Å². The van der Waals surface area contributed by atoms with E-state index in [2.05, 4.69) is 0 Å². The molecule has 1 amide bonds. The molecule has 0 unspecified atom stereocenters. The highest BCUT2D eigenvalue weighted by Gasteiger charge is 2.49. The average Bonchev–Trinajstić information content (AvgIpc) is 3.13. The van der Waals surface area contributed by atoms with E-state index < -0.39 is 56.3 Å². The first-order valence-corrected chi connectivity index (χ1v) is 10.4. The number of para-hydroxylation sites is 1. The van der Waals surface area contributed by atoms with Crippen LogP contribution in [0.3, 0.4) is 0 Å². The highest BCUT2D eigenvalue weighted by molar-refractivity contribution is 6.51. The van der Waals surface area contributed by atoms with Crippen LogP contribution in [0.5, 0.6) is 0 Å². The Kier molecular flexibility index (Phi) is 6.21. The number of benzene rings is 3. The van der Waals surface area contributed by atoms with Gasteiger partial charge in [-0.1, -0.05) is 18.2 Å². The molecule has 1 aliphatic rings. The Labute approximate surface area is 205 Å². The van der Waals surface area contributed by atoms with Crippen LogP contribution >= 0.6 is 0 Å². The minimum Gasteiger partial charge on any atom is -0.507 e. The van der Waals surface area contributed by atoms with Crippen molar-refractivity contribution in [2.24, 2.45) is 0 Å². The number of carbonyl (C=O) groups is 2. The zero-order chi connectivity index (χ0) is 27.1. The van der Waals surface area contributed by atoms with Crippen molar-refractivity contribution < 1.29 is 37.7 Å². The number of non-ortho nitro benzene ring substituents is 1. The molecule has 1 aliphatic heterocycles. The molecule has 10 nitrogen and oxygen atoms in total. The molecule has 0 aliphatic carbocycles. The van der Waals surface area contributed by atoms with Crippen LogP contribution in [0.25, 0.3) is 5.76 Å². The van der Waals surface area contributed by atoms with E-state index >= 15 is 0 Å². The van der Waals surface area contributed by atoms with E-state index in [9.17, 15) is 48.1 Å². The number of rotatable bonds is 5. The molecule has 3 aromatic rings. The van der Waals surface area contributed by atoms with Crippen molar-refractivity contribution in [3.05, 3.63) is 115 Å². The van der Waals surface area contributed by atoms with Gasteiger partial charge in [0, 0.05) is 29.4 Å². The number of anilines is 1. The van der Waals surface area contributed by atoms with Crippen molar-refractivity contribution >= 4 is 34.5 Å². The lowest BCUT2D eigenvalue weighted by atomic mass is 9.94. The molecule has 1 fully saturated rings. The molecule has 0 saturated carbocycles. The maximum atomic E-state index is 13.4. The summed E-state index contributed by atoms with van der Waals surface area (Å²) in [6, 6.07) is 11.0. The third-order valence-corrected chi connectivity index (χ3v) is 5.68. The second-order valence-electron chi connectivity index (χ2n) is 7.84. The van der Waals surface area contributed by atoms with Crippen LogP contribution in [0.2, 0.25) is 0 Å². The molecule has 1 atom stereocenters. The molecule has 4 rings (SSSR count). The number of hydrogen-bond donors (Lipinski definition) is 1. The topological polar surface area (TPSA) is 144 Å². The highest BCUT2D eigenvalue weighted by Crippen LogP contribution is 2.45. The predicted octanol–water partition coefficient (Wildman–Crippen LogP) is 5.15. The van der Waals surface area contributed by atoms with E-state index in [0.29, 0.717) is 11.0 Å². The van der Waals surface area contributed by atoms with E-state index in [1.54, 1.807) is 0 Å². The molecule has 13 heteroatoms. The number of halogens is 3. The number of aliphatic hydroxyl groups is 1. The quantitative estimate of drug-likeness (QED) is 0.163. The Balaban J connectivity index is 1.99. The number of alkyl halides is 3. The van der Waals surface area contributed by atoms with Crippen molar-refractivity contribution in [2.75, 3.05) is 4.90 Å². The van der Waals surface area contributed by atoms with Crippen molar-refractivity contribution in [1.29, 1.82) is 0 Å². The van der Waals surface area contributed by atoms with Crippen LogP contribution in [-0.2, 0) is 15.8 Å². The maximum Gasteiger partial charge on any atom is 0.416 e. The number of nitro benzene ring substituents is 2. The fourth-order valence-electron chi connectivity index (χ4n) is 4.01. The van der Waals surface area contributed by atoms with Gasteiger partial charge in [0.15, 0.2) is 0 Å². The van der Waals surface area contributed by atoms with E-state index in [-0.39, 0.29) is 22.5 Å². The van der Waals surface area contributed by atoms with Gasteiger partial charge in [-0.05, 0) is 36.4 Å². The van der Waals surface area contributed by atoms with Gasteiger partial charge in [0.1, 0.15) is 11.8 Å². The number of carbonyl (C=O) groups excluding carboxylic acids is 2. The molecule has 1 N–H and O–H groups in total. The summed E-state index contributed by atoms with van der Waals surface area (Å²) in [5.41, 5.74) is -3.42. The molecular formula is C24H14F3N3O7. The minimum absolute atomic E-state index is 0.128. The monoisotopic (exact) mass is 513 g/mol. The Morgan fingerprint density at radius 2 is 1.54 bits per heavy atom.